The Balaban J connectivity index is 1.85. The summed E-state index contributed by atoms with van der Waals surface area (Å²) in [5.41, 5.74) is -0.0235. The lowest BCUT2D eigenvalue weighted by molar-refractivity contribution is 0.0105. The fraction of sp³-hybridized carbons (Fsp3) is 0.500. The smallest absolute Gasteiger partial charge is 0.410 e. The van der Waals surface area contributed by atoms with Crippen LogP contribution in [0.3, 0.4) is 0 Å². The first-order chi connectivity index (χ1) is 11.7. The van der Waals surface area contributed by atoms with Gasteiger partial charge in [-0.2, -0.15) is 0 Å². The van der Waals surface area contributed by atoms with Gasteiger partial charge in [-0.15, -0.1) is 11.3 Å². The number of amides is 1. The Morgan fingerprint density at radius 2 is 2.08 bits per heavy atom. The number of hydrogen-bond donors (Lipinski definition) is 0. The van der Waals surface area contributed by atoms with Crippen molar-refractivity contribution < 1.29 is 18.7 Å². The van der Waals surface area contributed by atoms with Crippen LogP contribution in [0.15, 0.2) is 18.2 Å². The Kier molecular flexibility index (Phi) is 4.77. The highest BCUT2D eigenvalue weighted by Crippen LogP contribution is 2.28. The average molecular weight is 364 g/mol. The van der Waals surface area contributed by atoms with E-state index in [1.54, 1.807) is 26.8 Å². The van der Waals surface area contributed by atoms with E-state index in [1.807, 2.05) is 0 Å². The highest BCUT2D eigenvalue weighted by molar-refractivity contribution is 7.20. The van der Waals surface area contributed by atoms with Crippen molar-refractivity contribution in [2.45, 2.75) is 51.7 Å². The van der Waals surface area contributed by atoms with E-state index in [0.717, 1.165) is 24.2 Å². The molecule has 1 unspecified atom stereocenters. The molecule has 2 aromatic rings. The van der Waals surface area contributed by atoms with Gasteiger partial charge in [-0.05, 0) is 58.2 Å². The molecule has 0 radical (unpaired) electrons. The van der Waals surface area contributed by atoms with Crippen LogP contribution in [-0.2, 0) is 4.74 Å². The zero-order valence-corrected chi connectivity index (χ0v) is 15.4. The van der Waals surface area contributed by atoms with Crippen LogP contribution >= 0.6 is 11.3 Å². The molecule has 0 bridgehead atoms. The molecule has 0 spiro atoms. The summed E-state index contributed by atoms with van der Waals surface area (Å²) in [6, 6.07) is 3.68. The SMILES string of the molecule is CC(C)(C)OC(=O)N1CCCCC1C(=O)c1nc2ccc(F)cc2s1. The van der Waals surface area contributed by atoms with Crippen LogP contribution in [0.2, 0.25) is 0 Å². The third-order valence-corrected chi connectivity index (χ3v) is 5.03. The standard InChI is InChI=1S/C18H21FN2O3S/c1-18(2,3)24-17(23)21-9-5-4-6-13(21)15(22)16-20-12-8-7-11(19)10-14(12)25-16/h7-8,10,13H,4-6,9H2,1-3H3. The number of benzene rings is 1. The van der Waals surface area contributed by atoms with Crippen LogP contribution in [0.25, 0.3) is 10.2 Å². The number of halogens is 1. The molecule has 1 aromatic carbocycles. The van der Waals surface area contributed by atoms with Crippen LogP contribution in [-0.4, -0.2) is 39.9 Å². The van der Waals surface area contributed by atoms with Crippen LogP contribution < -0.4 is 0 Å². The fourth-order valence-electron chi connectivity index (χ4n) is 2.89. The summed E-state index contributed by atoms with van der Waals surface area (Å²) in [5, 5.41) is 0.307. The van der Waals surface area contributed by atoms with Gasteiger partial charge in [0.15, 0.2) is 5.01 Å². The molecule has 1 amide bonds. The Morgan fingerprint density at radius 1 is 1.32 bits per heavy atom. The quantitative estimate of drug-likeness (QED) is 0.741. The molecular weight excluding hydrogens is 343 g/mol. The van der Waals surface area contributed by atoms with Crippen molar-refractivity contribution >= 4 is 33.4 Å². The second kappa shape index (κ2) is 6.71. The molecule has 3 rings (SSSR count). The molecule has 25 heavy (non-hydrogen) atoms. The van der Waals surface area contributed by atoms with Gasteiger partial charge in [0.05, 0.1) is 10.2 Å². The summed E-state index contributed by atoms with van der Waals surface area (Å²) in [6.45, 7) is 5.89. The molecule has 0 N–H and O–H groups in total. The minimum Gasteiger partial charge on any atom is -0.444 e. The van der Waals surface area contributed by atoms with E-state index in [-0.39, 0.29) is 11.6 Å². The van der Waals surface area contributed by atoms with Gasteiger partial charge in [-0.3, -0.25) is 9.69 Å². The van der Waals surface area contributed by atoms with Gasteiger partial charge in [0.1, 0.15) is 17.5 Å². The maximum Gasteiger partial charge on any atom is 0.410 e. The average Bonchev–Trinajstić information content (AvgIpc) is 2.95. The Bertz CT molecular complexity index is 812. The van der Waals surface area contributed by atoms with Crippen LogP contribution in [0, 0.1) is 5.82 Å². The van der Waals surface area contributed by atoms with Crippen molar-refractivity contribution in [2.75, 3.05) is 6.54 Å². The largest absolute Gasteiger partial charge is 0.444 e. The van der Waals surface area contributed by atoms with E-state index in [1.165, 1.54) is 17.0 Å². The minimum absolute atomic E-state index is 0.202. The summed E-state index contributed by atoms with van der Waals surface area (Å²) < 4.78 is 19.4. The molecule has 1 atom stereocenters. The van der Waals surface area contributed by atoms with Gasteiger partial charge in [-0.25, -0.2) is 14.2 Å². The third kappa shape index (κ3) is 3.98. The molecule has 0 saturated carbocycles. The number of rotatable bonds is 2. The number of Topliss-reactive ketones (excluding diaryl/α,β-unsaturated/α-hetero) is 1. The number of carbonyl (C=O) groups is 2. The van der Waals surface area contributed by atoms with Gasteiger partial charge in [0.2, 0.25) is 5.78 Å². The van der Waals surface area contributed by atoms with Crippen LogP contribution in [0.1, 0.15) is 49.8 Å². The van der Waals surface area contributed by atoms with E-state index in [9.17, 15) is 14.0 Å². The van der Waals surface area contributed by atoms with Crippen molar-refractivity contribution in [1.29, 1.82) is 0 Å². The lowest BCUT2D eigenvalue weighted by Gasteiger charge is -2.35. The molecule has 1 saturated heterocycles. The Morgan fingerprint density at radius 3 is 2.80 bits per heavy atom. The maximum atomic E-state index is 13.4. The lowest BCUT2D eigenvalue weighted by atomic mass is 9.99. The molecule has 2 heterocycles. The monoisotopic (exact) mass is 364 g/mol. The number of likely N-dealkylation sites (tertiary alicyclic amines) is 1. The minimum atomic E-state index is -0.616. The summed E-state index contributed by atoms with van der Waals surface area (Å²) in [5.74, 6) is -0.560. The van der Waals surface area contributed by atoms with Crippen molar-refractivity contribution in [3.05, 3.63) is 29.0 Å². The molecule has 5 nitrogen and oxygen atoms in total. The molecule has 1 aliphatic heterocycles. The van der Waals surface area contributed by atoms with Crippen molar-refractivity contribution in [3.63, 3.8) is 0 Å². The third-order valence-electron chi connectivity index (χ3n) is 3.99. The van der Waals surface area contributed by atoms with Gasteiger partial charge in [0.25, 0.3) is 0 Å². The molecular formula is C18H21FN2O3S. The second-order valence-corrected chi connectivity index (χ2v) is 8.21. The van der Waals surface area contributed by atoms with Crippen molar-refractivity contribution in [2.24, 2.45) is 0 Å². The number of ketones is 1. The van der Waals surface area contributed by atoms with E-state index < -0.39 is 17.7 Å². The number of carbonyl (C=O) groups excluding carboxylic acids is 2. The number of nitrogens with zero attached hydrogens (tertiary/aromatic N) is 2. The predicted octanol–water partition coefficient (Wildman–Crippen LogP) is 4.41. The molecule has 1 aliphatic rings. The first kappa shape index (κ1) is 17.8. The second-order valence-electron chi connectivity index (χ2n) is 7.18. The first-order valence-corrected chi connectivity index (χ1v) is 9.16. The van der Waals surface area contributed by atoms with E-state index in [4.69, 9.17) is 4.74 Å². The lowest BCUT2D eigenvalue weighted by Crippen LogP contribution is -2.49. The molecule has 7 heteroatoms. The zero-order chi connectivity index (χ0) is 18.2. The molecule has 0 aliphatic carbocycles. The molecule has 1 fully saturated rings. The predicted molar refractivity (Wildman–Crippen MR) is 94.5 cm³/mol. The highest BCUT2D eigenvalue weighted by Gasteiger charge is 2.36. The zero-order valence-electron chi connectivity index (χ0n) is 14.5. The van der Waals surface area contributed by atoms with Crippen molar-refractivity contribution in [3.8, 4) is 0 Å². The van der Waals surface area contributed by atoms with E-state index in [0.29, 0.717) is 28.2 Å². The fourth-order valence-corrected chi connectivity index (χ4v) is 3.87. The summed E-state index contributed by atoms with van der Waals surface area (Å²) in [7, 11) is 0. The molecule has 1 aromatic heterocycles. The number of thiazole rings is 1. The summed E-state index contributed by atoms with van der Waals surface area (Å²) in [6.07, 6.45) is 1.82. The number of piperidine rings is 1. The molecule has 134 valence electrons. The van der Waals surface area contributed by atoms with E-state index in [2.05, 4.69) is 4.98 Å². The number of hydrogen-bond acceptors (Lipinski definition) is 5. The van der Waals surface area contributed by atoms with Gasteiger partial charge < -0.3 is 4.74 Å². The van der Waals surface area contributed by atoms with E-state index >= 15 is 0 Å². The van der Waals surface area contributed by atoms with Crippen LogP contribution in [0.4, 0.5) is 9.18 Å². The van der Waals surface area contributed by atoms with Gasteiger partial charge in [-0.1, -0.05) is 0 Å². The number of ether oxygens (including phenoxy) is 1. The maximum absolute atomic E-state index is 13.4. The van der Waals surface area contributed by atoms with Crippen molar-refractivity contribution in [1.82, 2.24) is 9.88 Å². The summed E-state index contributed by atoms with van der Waals surface area (Å²) in [4.78, 5) is 31.2. The van der Waals surface area contributed by atoms with Crippen LogP contribution in [0.5, 0.6) is 0 Å². The Hall–Kier alpha value is -2.02. The normalized spacial score (nSPS) is 18.4. The summed E-state index contributed by atoms with van der Waals surface area (Å²) >= 11 is 1.16. The number of aromatic nitrogens is 1. The highest BCUT2D eigenvalue weighted by atomic mass is 32.1. The van der Waals surface area contributed by atoms with Gasteiger partial charge in [0, 0.05) is 6.54 Å². The number of fused-ring (bicyclic) bond motifs is 1. The Labute approximate surface area is 149 Å². The topological polar surface area (TPSA) is 59.5 Å². The first-order valence-electron chi connectivity index (χ1n) is 8.34. The van der Waals surface area contributed by atoms with Gasteiger partial charge >= 0.3 is 6.09 Å².